The third kappa shape index (κ3) is 2.51. The summed E-state index contributed by atoms with van der Waals surface area (Å²) in [5.41, 5.74) is 2.61. The van der Waals surface area contributed by atoms with Crippen LogP contribution in [-0.2, 0) is 9.47 Å². The molecule has 106 valence electrons. The van der Waals surface area contributed by atoms with Gasteiger partial charge in [-0.3, -0.25) is 0 Å². The lowest BCUT2D eigenvalue weighted by atomic mass is 9.92. The van der Waals surface area contributed by atoms with E-state index in [2.05, 4.69) is 19.1 Å². The van der Waals surface area contributed by atoms with E-state index in [0.717, 1.165) is 25.7 Å². The Morgan fingerprint density at radius 3 is 2.74 bits per heavy atom. The first-order valence-corrected chi connectivity index (χ1v) is 7.57. The van der Waals surface area contributed by atoms with Crippen molar-refractivity contribution in [3.05, 3.63) is 23.3 Å². The van der Waals surface area contributed by atoms with E-state index in [4.69, 9.17) is 9.47 Å². The van der Waals surface area contributed by atoms with E-state index in [1.54, 1.807) is 0 Å². The average molecular weight is 264 g/mol. The van der Waals surface area contributed by atoms with Crippen LogP contribution in [0, 0.1) is 0 Å². The van der Waals surface area contributed by atoms with E-state index in [1.807, 2.05) is 0 Å². The zero-order valence-corrected chi connectivity index (χ0v) is 11.7. The first-order valence-electron chi connectivity index (χ1n) is 7.57. The molecule has 1 spiro atoms. The molecule has 1 heterocycles. The third-order valence-electron chi connectivity index (χ3n) is 4.62. The fourth-order valence-electron chi connectivity index (χ4n) is 3.53. The molecule has 0 bridgehead atoms. The predicted octanol–water partition coefficient (Wildman–Crippen LogP) is 3.09. The van der Waals surface area contributed by atoms with E-state index < -0.39 is 5.79 Å². The summed E-state index contributed by atoms with van der Waals surface area (Å²) in [5, 5.41) is 9.62. The molecule has 3 aliphatic rings. The third-order valence-corrected chi connectivity index (χ3v) is 4.62. The summed E-state index contributed by atoms with van der Waals surface area (Å²) in [6.07, 6.45) is 11.8. The van der Waals surface area contributed by atoms with Crippen molar-refractivity contribution >= 4 is 0 Å². The number of aliphatic hydroxyl groups is 1. The largest absolute Gasteiger partial charge is 0.394 e. The van der Waals surface area contributed by atoms with E-state index in [1.165, 1.54) is 30.4 Å². The van der Waals surface area contributed by atoms with Crippen molar-refractivity contribution in [3.63, 3.8) is 0 Å². The molecule has 1 N–H and O–H groups in total. The second-order valence-electron chi connectivity index (χ2n) is 6.03. The standard InChI is InChI=1S/C16H24O3/c1-12-7-3-4-8-13(12)15-14(11-17)18-16(19-15)9-5-2-6-10-16/h4,8,14-15,17H,2-3,5-7,9-11H2,1H3. The Labute approximate surface area is 115 Å². The second kappa shape index (κ2) is 5.39. The van der Waals surface area contributed by atoms with Gasteiger partial charge in [-0.15, -0.1) is 0 Å². The van der Waals surface area contributed by atoms with Crippen LogP contribution in [0.5, 0.6) is 0 Å². The van der Waals surface area contributed by atoms with Crippen LogP contribution in [0.15, 0.2) is 23.3 Å². The van der Waals surface area contributed by atoms with Gasteiger partial charge in [-0.1, -0.05) is 24.1 Å². The van der Waals surface area contributed by atoms with Crippen LogP contribution in [0.25, 0.3) is 0 Å². The molecule has 3 nitrogen and oxygen atoms in total. The Balaban J connectivity index is 1.83. The van der Waals surface area contributed by atoms with Crippen LogP contribution in [0.4, 0.5) is 0 Å². The number of rotatable bonds is 2. The van der Waals surface area contributed by atoms with Crippen molar-refractivity contribution in [2.24, 2.45) is 0 Å². The lowest BCUT2D eigenvalue weighted by Crippen LogP contribution is -2.33. The number of hydrogen-bond donors (Lipinski definition) is 1. The maximum absolute atomic E-state index is 9.62. The molecule has 0 aromatic carbocycles. The van der Waals surface area contributed by atoms with Gasteiger partial charge in [0.15, 0.2) is 5.79 Å². The Bertz CT molecular complexity index is 391. The van der Waals surface area contributed by atoms with Gasteiger partial charge in [-0.25, -0.2) is 0 Å². The minimum atomic E-state index is -0.422. The smallest absolute Gasteiger partial charge is 0.169 e. The van der Waals surface area contributed by atoms with Crippen LogP contribution in [-0.4, -0.2) is 29.7 Å². The Morgan fingerprint density at radius 2 is 2.05 bits per heavy atom. The molecule has 0 amide bonds. The molecule has 2 unspecified atom stereocenters. The van der Waals surface area contributed by atoms with E-state index in [9.17, 15) is 5.11 Å². The summed E-state index contributed by atoms with van der Waals surface area (Å²) in [4.78, 5) is 0. The molecule has 19 heavy (non-hydrogen) atoms. The quantitative estimate of drug-likeness (QED) is 0.833. The molecule has 0 aromatic rings. The van der Waals surface area contributed by atoms with E-state index in [-0.39, 0.29) is 18.8 Å². The summed E-state index contributed by atoms with van der Waals surface area (Å²) < 4.78 is 12.4. The van der Waals surface area contributed by atoms with Crippen molar-refractivity contribution in [1.82, 2.24) is 0 Å². The van der Waals surface area contributed by atoms with Crippen LogP contribution in [0.2, 0.25) is 0 Å². The van der Waals surface area contributed by atoms with Crippen LogP contribution in [0.1, 0.15) is 51.9 Å². The molecule has 1 saturated carbocycles. The van der Waals surface area contributed by atoms with Gasteiger partial charge in [0, 0.05) is 12.8 Å². The summed E-state index contributed by atoms with van der Waals surface area (Å²) >= 11 is 0. The minimum absolute atomic E-state index is 0.0387. The SMILES string of the molecule is CC1=C(C2OC3(CCCCC3)OC2CO)C=CCC1. The van der Waals surface area contributed by atoms with Gasteiger partial charge in [0.2, 0.25) is 0 Å². The molecule has 3 heteroatoms. The number of hydrogen-bond acceptors (Lipinski definition) is 3. The Hall–Kier alpha value is -0.640. The molecule has 2 aliphatic carbocycles. The van der Waals surface area contributed by atoms with Crippen molar-refractivity contribution in [1.29, 1.82) is 0 Å². The molecule has 3 rings (SSSR count). The predicted molar refractivity (Wildman–Crippen MR) is 73.7 cm³/mol. The van der Waals surface area contributed by atoms with Crippen molar-refractivity contribution in [3.8, 4) is 0 Å². The summed E-state index contributed by atoms with van der Waals surface area (Å²) in [7, 11) is 0. The summed E-state index contributed by atoms with van der Waals surface area (Å²) in [6.45, 7) is 2.21. The number of aliphatic hydroxyl groups excluding tert-OH is 1. The van der Waals surface area contributed by atoms with Crippen LogP contribution >= 0.6 is 0 Å². The van der Waals surface area contributed by atoms with Crippen LogP contribution < -0.4 is 0 Å². The first kappa shape index (κ1) is 13.3. The molecule has 0 aromatic heterocycles. The molecule has 0 radical (unpaired) electrons. The van der Waals surface area contributed by atoms with Gasteiger partial charge < -0.3 is 14.6 Å². The maximum Gasteiger partial charge on any atom is 0.169 e. The molecular formula is C16H24O3. The topological polar surface area (TPSA) is 38.7 Å². The van der Waals surface area contributed by atoms with Gasteiger partial charge >= 0.3 is 0 Å². The minimum Gasteiger partial charge on any atom is -0.394 e. The molecule has 2 atom stereocenters. The highest BCUT2D eigenvalue weighted by molar-refractivity contribution is 5.33. The van der Waals surface area contributed by atoms with Crippen molar-refractivity contribution in [2.45, 2.75) is 69.9 Å². The molecule has 1 saturated heterocycles. The fourth-order valence-corrected chi connectivity index (χ4v) is 3.53. The second-order valence-corrected chi connectivity index (χ2v) is 6.03. The first-order chi connectivity index (χ1) is 9.24. The zero-order valence-electron chi connectivity index (χ0n) is 11.7. The fraction of sp³-hybridized carbons (Fsp3) is 0.750. The van der Waals surface area contributed by atoms with Crippen LogP contribution in [0.3, 0.4) is 0 Å². The number of ether oxygens (including phenoxy) is 2. The van der Waals surface area contributed by atoms with E-state index >= 15 is 0 Å². The Kier molecular flexibility index (Phi) is 3.79. The molecule has 2 fully saturated rings. The van der Waals surface area contributed by atoms with Gasteiger partial charge in [0.25, 0.3) is 0 Å². The normalized spacial score (nSPS) is 34.2. The highest BCUT2D eigenvalue weighted by atomic mass is 16.8. The van der Waals surface area contributed by atoms with Gasteiger partial charge in [0.05, 0.1) is 6.61 Å². The Morgan fingerprint density at radius 1 is 1.26 bits per heavy atom. The highest BCUT2D eigenvalue weighted by Gasteiger charge is 2.48. The lowest BCUT2D eigenvalue weighted by molar-refractivity contribution is -0.193. The zero-order chi connectivity index (χ0) is 13.3. The van der Waals surface area contributed by atoms with Gasteiger partial charge in [-0.05, 0) is 38.2 Å². The molecule has 1 aliphatic heterocycles. The van der Waals surface area contributed by atoms with Gasteiger partial charge in [0.1, 0.15) is 12.2 Å². The van der Waals surface area contributed by atoms with Crippen molar-refractivity contribution < 1.29 is 14.6 Å². The number of allylic oxidation sites excluding steroid dienone is 2. The van der Waals surface area contributed by atoms with Crippen molar-refractivity contribution in [2.75, 3.05) is 6.61 Å². The van der Waals surface area contributed by atoms with E-state index in [0.29, 0.717) is 0 Å². The molecular weight excluding hydrogens is 240 g/mol. The maximum atomic E-state index is 9.62. The summed E-state index contributed by atoms with van der Waals surface area (Å²) in [6, 6.07) is 0. The van der Waals surface area contributed by atoms with Gasteiger partial charge in [-0.2, -0.15) is 0 Å². The lowest BCUT2D eigenvalue weighted by Gasteiger charge is -2.32. The monoisotopic (exact) mass is 264 g/mol. The average Bonchev–Trinajstić information content (AvgIpc) is 2.78. The highest BCUT2D eigenvalue weighted by Crippen LogP contribution is 2.43. The summed E-state index contributed by atoms with van der Waals surface area (Å²) in [5.74, 6) is -0.422.